The van der Waals surface area contributed by atoms with Gasteiger partial charge in [-0.2, -0.15) is 20.1 Å². The van der Waals surface area contributed by atoms with E-state index in [1.807, 2.05) is 80.6 Å². The highest BCUT2D eigenvalue weighted by Crippen LogP contribution is 2.29. The molecule has 0 saturated carbocycles. The van der Waals surface area contributed by atoms with E-state index in [9.17, 15) is 0 Å². The molecule has 0 saturated heterocycles. The molecular weight excluding hydrogens is 396 g/mol. The van der Waals surface area contributed by atoms with Crippen molar-refractivity contribution >= 4 is 11.4 Å². The second-order valence-corrected chi connectivity index (χ2v) is 7.28. The van der Waals surface area contributed by atoms with Crippen LogP contribution in [0, 0.1) is 0 Å². The van der Waals surface area contributed by atoms with E-state index in [-0.39, 0.29) is 0 Å². The zero-order chi connectivity index (χ0) is 22.3. The van der Waals surface area contributed by atoms with Gasteiger partial charge < -0.3 is 5.43 Å². The molecule has 0 fully saturated rings. The minimum Gasteiger partial charge on any atom is -0.310 e. The van der Waals surface area contributed by atoms with Gasteiger partial charge in [-0.1, -0.05) is 72.8 Å². The van der Waals surface area contributed by atoms with Crippen LogP contribution in [0.15, 0.2) is 90.0 Å². The second-order valence-electron chi connectivity index (χ2n) is 7.28. The average Bonchev–Trinajstić information content (AvgIpc) is 3.30. The van der Waals surface area contributed by atoms with E-state index in [1.165, 1.54) is 0 Å². The van der Waals surface area contributed by atoms with E-state index in [2.05, 4.69) is 28.7 Å². The highest BCUT2D eigenvalue weighted by atomic mass is 15.5. The van der Waals surface area contributed by atoms with Gasteiger partial charge in [-0.25, -0.2) is 0 Å². The number of nitrogens with zero attached hydrogens (tertiary/aromatic N) is 4. The number of benzene rings is 3. The number of nitrogens with two attached hydrogens (primary N) is 1. The quantitative estimate of drug-likeness (QED) is 0.337. The SMILES string of the molecule is CCN/N=C(\C(=[NH2+])c1cccc(-c2nn(CC)nc2-c2ccccc2)c1)c1ccccc1. The predicted molar refractivity (Wildman–Crippen MR) is 129 cm³/mol. The molecule has 6 nitrogen and oxygen atoms in total. The third-order valence-corrected chi connectivity index (χ3v) is 5.08. The number of nitrogens with one attached hydrogen (secondary N) is 1. The Kier molecular flexibility index (Phi) is 6.51. The van der Waals surface area contributed by atoms with Crippen molar-refractivity contribution in [1.29, 1.82) is 0 Å². The van der Waals surface area contributed by atoms with Crippen molar-refractivity contribution in [3.63, 3.8) is 0 Å². The molecule has 3 N–H and O–H groups in total. The number of hydrazone groups is 1. The molecule has 0 aliphatic heterocycles. The molecule has 0 bridgehead atoms. The predicted octanol–water partition coefficient (Wildman–Crippen LogP) is 3.19. The number of aryl methyl sites for hydroxylation is 1. The van der Waals surface area contributed by atoms with E-state index >= 15 is 0 Å². The van der Waals surface area contributed by atoms with Gasteiger partial charge in [0.1, 0.15) is 11.4 Å². The Morgan fingerprint density at radius 3 is 2.06 bits per heavy atom. The van der Waals surface area contributed by atoms with Crippen molar-refractivity contribution in [3.05, 3.63) is 96.1 Å². The van der Waals surface area contributed by atoms with E-state index in [4.69, 9.17) is 15.6 Å². The Morgan fingerprint density at radius 2 is 1.41 bits per heavy atom. The molecule has 0 atom stereocenters. The maximum atomic E-state index is 6.64. The van der Waals surface area contributed by atoms with Crippen LogP contribution in [-0.4, -0.2) is 33.0 Å². The molecule has 0 amide bonds. The van der Waals surface area contributed by atoms with Crippen LogP contribution in [-0.2, 0) is 6.54 Å². The monoisotopic (exact) mass is 423 g/mol. The lowest BCUT2D eigenvalue weighted by Gasteiger charge is -2.07. The zero-order valence-corrected chi connectivity index (χ0v) is 18.4. The molecule has 1 aromatic heterocycles. The summed E-state index contributed by atoms with van der Waals surface area (Å²) < 4.78 is 0. The fraction of sp³-hybridized carbons (Fsp3) is 0.154. The van der Waals surface area contributed by atoms with Crippen LogP contribution in [0.2, 0.25) is 0 Å². The van der Waals surface area contributed by atoms with Crippen molar-refractivity contribution in [3.8, 4) is 22.5 Å². The standard InChI is InChI=1S/C26H26N6/c1-3-28-29-24(19-12-7-5-8-13-19)23(27)21-16-11-17-22(18-21)26-25(30-32(4-2)31-26)20-14-9-6-10-15-20/h5-18,27-28H,3-4H2,1-2H3/p+1/b27-23?,29-24-. The summed E-state index contributed by atoms with van der Waals surface area (Å²) in [5, 5.41) is 20.6. The Balaban J connectivity index is 1.76. The minimum absolute atomic E-state index is 0.600. The summed E-state index contributed by atoms with van der Waals surface area (Å²) in [4.78, 5) is 1.72. The van der Waals surface area contributed by atoms with E-state index in [1.54, 1.807) is 4.80 Å². The maximum Gasteiger partial charge on any atom is 0.232 e. The van der Waals surface area contributed by atoms with Crippen LogP contribution in [0.3, 0.4) is 0 Å². The summed E-state index contributed by atoms with van der Waals surface area (Å²) in [7, 11) is 0. The van der Waals surface area contributed by atoms with Crippen molar-refractivity contribution < 1.29 is 5.41 Å². The van der Waals surface area contributed by atoms with Gasteiger partial charge >= 0.3 is 0 Å². The molecule has 4 rings (SSSR count). The van der Waals surface area contributed by atoms with Crippen LogP contribution in [0.4, 0.5) is 0 Å². The smallest absolute Gasteiger partial charge is 0.232 e. The van der Waals surface area contributed by atoms with Crippen molar-refractivity contribution in [2.75, 3.05) is 6.54 Å². The molecule has 32 heavy (non-hydrogen) atoms. The van der Waals surface area contributed by atoms with E-state index in [0.717, 1.165) is 33.6 Å². The lowest BCUT2D eigenvalue weighted by atomic mass is 9.97. The Hall–Kier alpha value is -4.06. The third kappa shape index (κ3) is 4.49. The van der Waals surface area contributed by atoms with Gasteiger partial charge in [0.25, 0.3) is 0 Å². The molecule has 4 aromatic rings. The number of rotatable bonds is 8. The Bertz CT molecular complexity index is 1230. The lowest BCUT2D eigenvalue weighted by Crippen LogP contribution is -2.46. The maximum absolute atomic E-state index is 6.64. The second kappa shape index (κ2) is 9.83. The summed E-state index contributed by atoms with van der Waals surface area (Å²) in [6.07, 6.45) is 0. The van der Waals surface area contributed by atoms with Gasteiger partial charge in [-0.3, -0.25) is 5.41 Å². The minimum atomic E-state index is 0.600. The molecule has 160 valence electrons. The molecule has 0 aliphatic carbocycles. The van der Waals surface area contributed by atoms with Crippen LogP contribution < -0.4 is 10.8 Å². The third-order valence-electron chi connectivity index (χ3n) is 5.08. The van der Waals surface area contributed by atoms with Gasteiger partial charge in [0.15, 0.2) is 5.71 Å². The number of hydrogen-bond donors (Lipinski definition) is 2. The van der Waals surface area contributed by atoms with Crippen LogP contribution in [0.25, 0.3) is 22.5 Å². The van der Waals surface area contributed by atoms with Gasteiger partial charge in [0, 0.05) is 28.8 Å². The molecule has 6 heteroatoms. The first kappa shape index (κ1) is 21.2. The summed E-state index contributed by atoms with van der Waals surface area (Å²) in [5.41, 5.74) is 9.87. The van der Waals surface area contributed by atoms with Crippen LogP contribution >= 0.6 is 0 Å². The summed E-state index contributed by atoms with van der Waals surface area (Å²) in [6, 6.07) is 28.2. The van der Waals surface area contributed by atoms with Crippen LogP contribution in [0.1, 0.15) is 25.0 Å². The highest BCUT2D eigenvalue weighted by molar-refractivity contribution is 6.51. The normalized spacial score (nSPS) is 11.4. The molecular formula is C26H27N6+. The molecule has 0 spiro atoms. The molecule has 0 aliphatic rings. The number of hydrogen-bond acceptors (Lipinski definition) is 4. The lowest BCUT2D eigenvalue weighted by molar-refractivity contribution is -0.109. The van der Waals surface area contributed by atoms with Crippen molar-refractivity contribution in [2.24, 2.45) is 5.10 Å². The van der Waals surface area contributed by atoms with Gasteiger partial charge in [-0.15, -0.1) is 0 Å². The van der Waals surface area contributed by atoms with E-state index in [0.29, 0.717) is 24.5 Å². The first-order valence-corrected chi connectivity index (χ1v) is 10.8. The summed E-state index contributed by atoms with van der Waals surface area (Å²) >= 11 is 0. The fourth-order valence-electron chi connectivity index (χ4n) is 3.48. The zero-order valence-electron chi connectivity index (χ0n) is 18.4. The Labute approximate surface area is 188 Å². The van der Waals surface area contributed by atoms with Gasteiger partial charge in [0.05, 0.1) is 6.54 Å². The molecule has 0 unspecified atom stereocenters. The topological polar surface area (TPSA) is 80.7 Å². The average molecular weight is 424 g/mol. The Morgan fingerprint density at radius 1 is 0.812 bits per heavy atom. The summed E-state index contributed by atoms with van der Waals surface area (Å²) in [5.74, 6) is 0. The molecule has 3 aromatic carbocycles. The van der Waals surface area contributed by atoms with Crippen molar-refractivity contribution in [1.82, 2.24) is 20.4 Å². The first-order chi connectivity index (χ1) is 15.7. The van der Waals surface area contributed by atoms with Gasteiger partial charge in [0.2, 0.25) is 5.71 Å². The van der Waals surface area contributed by atoms with Gasteiger partial charge in [-0.05, 0) is 26.0 Å². The molecule has 0 radical (unpaired) electrons. The van der Waals surface area contributed by atoms with E-state index < -0.39 is 0 Å². The largest absolute Gasteiger partial charge is 0.310 e. The summed E-state index contributed by atoms with van der Waals surface area (Å²) in [6.45, 7) is 5.45. The fourth-order valence-corrected chi connectivity index (χ4v) is 3.48. The van der Waals surface area contributed by atoms with Crippen molar-refractivity contribution in [2.45, 2.75) is 20.4 Å². The highest BCUT2D eigenvalue weighted by Gasteiger charge is 2.20. The molecule has 1 heterocycles. The van der Waals surface area contributed by atoms with Crippen LogP contribution in [0.5, 0.6) is 0 Å². The number of aromatic nitrogens is 3. The first-order valence-electron chi connectivity index (χ1n) is 10.8.